The summed E-state index contributed by atoms with van der Waals surface area (Å²) in [6.45, 7) is 9.49. The molecule has 1 aliphatic rings. The molecule has 3 aromatic rings. The van der Waals surface area contributed by atoms with Crippen molar-refractivity contribution >= 4 is 39.6 Å². The molecule has 170 valence electrons. The first-order valence-corrected chi connectivity index (χ1v) is 11.3. The number of nitrogens with zero attached hydrogens (tertiary/aromatic N) is 2. The van der Waals surface area contributed by atoms with Crippen LogP contribution in [0.4, 0.5) is 10.5 Å². The molecule has 1 aliphatic heterocycles. The number of piperidine rings is 1. The zero-order valence-corrected chi connectivity index (χ0v) is 19.6. The van der Waals surface area contributed by atoms with Crippen molar-refractivity contribution in [3.05, 3.63) is 42.0 Å². The fraction of sp³-hybridized carbons (Fsp3) is 0.462. The van der Waals surface area contributed by atoms with Crippen molar-refractivity contribution in [3.8, 4) is 0 Å². The minimum atomic E-state index is -0.620. The normalized spacial score (nSPS) is 15.7. The van der Waals surface area contributed by atoms with E-state index in [9.17, 15) is 9.59 Å². The first-order valence-electron chi connectivity index (χ1n) is 11.3. The van der Waals surface area contributed by atoms with Gasteiger partial charge in [-0.15, -0.1) is 0 Å². The van der Waals surface area contributed by atoms with E-state index in [2.05, 4.69) is 17.0 Å². The molecule has 1 atom stereocenters. The van der Waals surface area contributed by atoms with Crippen molar-refractivity contribution in [2.45, 2.75) is 58.5 Å². The largest absolute Gasteiger partial charge is 0.469 e. The summed E-state index contributed by atoms with van der Waals surface area (Å²) < 4.78 is 12.3. The second-order valence-electron chi connectivity index (χ2n) is 9.59. The predicted octanol–water partition coefficient (Wildman–Crippen LogP) is 5.84. The second kappa shape index (κ2) is 8.49. The lowest BCUT2D eigenvalue weighted by Crippen LogP contribution is -2.29. The molecular weight excluding hydrogens is 404 g/mol. The summed E-state index contributed by atoms with van der Waals surface area (Å²) >= 11 is 0. The summed E-state index contributed by atoms with van der Waals surface area (Å²) in [6.07, 6.45) is 3.25. The highest BCUT2D eigenvalue weighted by Crippen LogP contribution is 2.35. The minimum Gasteiger partial charge on any atom is -0.469 e. The van der Waals surface area contributed by atoms with E-state index in [0.717, 1.165) is 40.5 Å². The highest BCUT2D eigenvalue weighted by Gasteiger charge is 2.25. The Morgan fingerprint density at radius 2 is 1.66 bits per heavy atom. The summed E-state index contributed by atoms with van der Waals surface area (Å²) in [4.78, 5) is 27.8. The maximum Gasteiger partial charge on any atom is 0.419 e. The van der Waals surface area contributed by atoms with Crippen LogP contribution >= 0.6 is 0 Å². The molecule has 0 N–H and O–H groups in total. The maximum atomic E-state index is 13.2. The lowest BCUT2D eigenvalue weighted by Gasteiger charge is -2.28. The molecule has 0 spiro atoms. The van der Waals surface area contributed by atoms with E-state index in [0.29, 0.717) is 0 Å². The van der Waals surface area contributed by atoms with Gasteiger partial charge in [-0.1, -0.05) is 12.1 Å². The number of fused-ring (bicyclic) bond motifs is 3. The van der Waals surface area contributed by atoms with E-state index in [4.69, 9.17) is 9.47 Å². The number of anilines is 1. The van der Waals surface area contributed by atoms with Gasteiger partial charge in [-0.05, 0) is 76.8 Å². The van der Waals surface area contributed by atoms with Crippen molar-refractivity contribution in [1.82, 2.24) is 4.57 Å². The molecule has 4 rings (SSSR count). The number of ether oxygens (including phenoxy) is 2. The molecule has 0 radical (unpaired) electrons. The van der Waals surface area contributed by atoms with Crippen LogP contribution in [0.2, 0.25) is 0 Å². The highest BCUT2D eigenvalue weighted by atomic mass is 16.6. The summed E-state index contributed by atoms with van der Waals surface area (Å²) in [5.74, 6) is -0.741. The number of rotatable bonds is 3. The maximum absolute atomic E-state index is 13.2. The highest BCUT2D eigenvalue weighted by molar-refractivity contribution is 6.13. The summed E-state index contributed by atoms with van der Waals surface area (Å²) in [6, 6.07) is 12.1. The first kappa shape index (κ1) is 22.2. The van der Waals surface area contributed by atoms with Gasteiger partial charge in [0.25, 0.3) is 0 Å². The number of carbonyl (C=O) groups is 2. The van der Waals surface area contributed by atoms with Gasteiger partial charge in [-0.2, -0.15) is 0 Å². The number of carbonyl (C=O) groups excluding carboxylic acids is 2. The molecule has 0 bridgehead atoms. The van der Waals surface area contributed by atoms with E-state index < -0.39 is 17.6 Å². The van der Waals surface area contributed by atoms with Crippen LogP contribution in [0.15, 0.2) is 36.4 Å². The molecular formula is C26H32N2O4. The third-order valence-corrected chi connectivity index (χ3v) is 6.13. The van der Waals surface area contributed by atoms with E-state index in [1.54, 1.807) is 4.57 Å². The average Bonchev–Trinajstić information content (AvgIpc) is 3.10. The lowest BCUT2D eigenvalue weighted by molar-refractivity contribution is -0.141. The molecule has 0 amide bonds. The number of benzene rings is 2. The van der Waals surface area contributed by atoms with Crippen LogP contribution in [-0.4, -0.2) is 42.4 Å². The molecule has 6 heteroatoms. The van der Waals surface area contributed by atoms with Crippen molar-refractivity contribution in [2.75, 3.05) is 25.1 Å². The average molecular weight is 437 g/mol. The van der Waals surface area contributed by atoms with Crippen LogP contribution in [0, 0.1) is 0 Å². The Labute approximate surface area is 189 Å². The molecule has 32 heavy (non-hydrogen) atoms. The van der Waals surface area contributed by atoms with Gasteiger partial charge in [0.1, 0.15) is 5.60 Å². The Kier molecular flexibility index (Phi) is 5.89. The summed E-state index contributed by atoms with van der Waals surface area (Å²) in [5, 5.41) is 1.97. The molecule has 6 nitrogen and oxygen atoms in total. The summed E-state index contributed by atoms with van der Waals surface area (Å²) in [7, 11) is 1.39. The molecule has 1 aromatic heterocycles. The molecule has 2 aromatic carbocycles. The Morgan fingerprint density at radius 1 is 0.938 bits per heavy atom. The number of methoxy groups -OCH3 is 1. The van der Waals surface area contributed by atoms with Gasteiger partial charge >= 0.3 is 12.1 Å². The van der Waals surface area contributed by atoms with E-state index in [1.165, 1.54) is 32.1 Å². The SMILES string of the molecule is COC(=O)C(C)c1ccc2c3cc(N4CCCCC4)ccc3n(C(=O)OC(C)(C)C)c2c1. The molecule has 0 aliphatic carbocycles. The third kappa shape index (κ3) is 4.18. The molecule has 1 unspecified atom stereocenters. The standard InChI is InChI=1S/C26H32N2O4/c1-17(24(29)31-5)18-9-11-20-21-16-19(27-13-7-6-8-14-27)10-12-22(21)28(23(20)15-18)25(30)32-26(2,3)4/h9-12,15-17H,6-8,13-14H2,1-5H3. The van der Waals surface area contributed by atoms with Crippen LogP contribution in [0.1, 0.15) is 58.4 Å². The molecule has 1 fully saturated rings. The van der Waals surface area contributed by atoms with Crippen molar-refractivity contribution < 1.29 is 19.1 Å². The van der Waals surface area contributed by atoms with E-state index >= 15 is 0 Å². The lowest BCUT2D eigenvalue weighted by atomic mass is 9.99. The Morgan fingerprint density at radius 3 is 2.31 bits per heavy atom. The van der Waals surface area contributed by atoms with Crippen LogP contribution in [0.3, 0.4) is 0 Å². The van der Waals surface area contributed by atoms with Gasteiger partial charge in [0, 0.05) is 29.5 Å². The van der Waals surface area contributed by atoms with Crippen LogP contribution in [0.25, 0.3) is 21.8 Å². The molecule has 1 saturated heterocycles. The minimum absolute atomic E-state index is 0.309. The second-order valence-corrected chi connectivity index (χ2v) is 9.59. The third-order valence-electron chi connectivity index (χ3n) is 6.13. The number of hydrogen-bond acceptors (Lipinski definition) is 5. The Bertz CT molecular complexity index is 1170. The molecule has 0 saturated carbocycles. The van der Waals surface area contributed by atoms with Crippen molar-refractivity contribution in [3.63, 3.8) is 0 Å². The topological polar surface area (TPSA) is 60.8 Å². The predicted molar refractivity (Wildman–Crippen MR) is 128 cm³/mol. The zero-order chi connectivity index (χ0) is 23.0. The first-order chi connectivity index (χ1) is 15.2. The molecule has 2 heterocycles. The Hall–Kier alpha value is -3.02. The van der Waals surface area contributed by atoms with Crippen LogP contribution in [-0.2, 0) is 14.3 Å². The fourth-order valence-electron chi connectivity index (χ4n) is 4.46. The number of esters is 1. The Balaban J connectivity index is 1.90. The van der Waals surface area contributed by atoms with Gasteiger partial charge in [0.2, 0.25) is 0 Å². The van der Waals surface area contributed by atoms with Gasteiger partial charge < -0.3 is 14.4 Å². The van der Waals surface area contributed by atoms with E-state index in [-0.39, 0.29) is 5.97 Å². The monoisotopic (exact) mass is 436 g/mol. The van der Waals surface area contributed by atoms with E-state index in [1.807, 2.05) is 52.0 Å². The summed E-state index contributed by atoms with van der Waals surface area (Å²) in [5.41, 5.74) is 2.89. The van der Waals surface area contributed by atoms with Gasteiger partial charge in [0.05, 0.1) is 24.1 Å². The fourth-order valence-corrected chi connectivity index (χ4v) is 4.46. The van der Waals surface area contributed by atoms with Crippen molar-refractivity contribution in [2.24, 2.45) is 0 Å². The van der Waals surface area contributed by atoms with Gasteiger partial charge in [-0.3, -0.25) is 4.79 Å². The zero-order valence-electron chi connectivity index (χ0n) is 19.6. The van der Waals surface area contributed by atoms with Crippen LogP contribution < -0.4 is 4.90 Å². The smallest absolute Gasteiger partial charge is 0.419 e. The quantitative estimate of drug-likeness (QED) is 0.482. The van der Waals surface area contributed by atoms with Crippen molar-refractivity contribution in [1.29, 1.82) is 0 Å². The van der Waals surface area contributed by atoms with Gasteiger partial charge in [-0.25, -0.2) is 9.36 Å². The number of aromatic nitrogens is 1. The van der Waals surface area contributed by atoms with Gasteiger partial charge in [0.15, 0.2) is 0 Å². The number of hydrogen-bond donors (Lipinski definition) is 0. The van der Waals surface area contributed by atoms with Crippen LogP contribution in [0.5, 0.6) is 0 Å².